The highest BCUT2D eigenvalue weighted by Crippen LogP contribution is 2.20. The van der Waals surface area contributed by atoms with Crippen LogP contribution in [0.5, 0.6) is 0 Å². The molecule has 0 aliphatic heterocycles. The fourth-order valence-electron chi connectivity index (χ4n) is 3.53. The Morgan fingerprint density at radius 1 is 1.15 bits per heavy atom. The number of hydrogen-bond donors (Lipinski definition) is 2. The molecule has 8 heteroatoms. The number of carbonyl (C=O) groups excluding carboxylic acids is 2. The van der Waals surface area contributed by atoms with Gasteiger partial charge in [0.25, 0.3) is 0 Å². The Hall–Kier alpha value is -3.16. The third-order valence-corrected chi connectivity index (χ3v) is 5.84. The first-order chi connectivity index (χ1) is 15.6. The van der Waals surface area contributed by atoms with Gasteiger partial charge < -0.3 is 14.7 Å². The van der Waals surface area contributed by atoms with Crippen molar-refractivity contribution in [2.45, 2.75) is 38.3 Å². The van der Waals surface area contributed by atoms with E-state index in [-0.39, 0.29) is 18.9 Å². The second-order valence-electron chi connectivity index (χ2n) is 8.41. The number of rotatable bonds is 8. The van der Waals surface area contributed by atoms with Crippen LogP contribution in [0, 0.1) is 0 Å². The number of likely N-dealkylation sites (N-methyl/N-ethyl adjacent to an activating group) is 1. The summed E-state index contributed by atoms with van der Waals surface area (Å²) in [7, 11) is 1.59. The third kappa shape index (κ3) is 6.66. The van der Waals surface area contributed by atoms with Gasteiger partial charge in [0.05, 0.1) is 11.6 Å². The number of carbonyl (C=O) groups is 2. The van der Waals surface area contributed by atoms with Crippen LogP contribution in [-0.2, 0) is 16.0 Å². The van der Waals surface area contributed by atoms with Gasteiger partial charge in [0, 0.05) is 30.1 Å². The molecule has 1 aromatic heterocycles. The van der Waals surface area contributed by atoms with Crippen LogP contribution in [-0.4, -0.2) is 52.3 Å². The molecule has 1 heterocycles. The number of aliphatic hydroxyl groups is 1. The number of nitrogens with zero attached hydrogens (tertiary/aromatic N) is 2. The van der Waals surface area contributed by atoms with E-state index in [2.05, 4.69) is 10.3 Å². The van der Waals surface area contributed by atoms with Crippen LogP contribution in [0.3, 0.4) is 0 Å². The minimum Gasteiger partial charge on any atom is -0.447 e. The van der Waals surface area contributed by atoms with Crippen LogP contribution in [0.2, 0.25) is 5.02 Å². The molecule has 0 aliphatic carbocycles. The van der Waals surface area contributed by atoms with E-state index in [1.807, 2.05) is 42.5 Å². The number of halogens is 1. The van der Waals surface area contributed by atoms with Crippen molar-refractivity contribution in [2.75, 3.05) is 19.0 Å². The Kier molecular flexibility index (Phi) is 7.89. The summed E-state index contributed by atoms with van der Waals surface area (Å²) in [6.45, 7) is 2.96. The zero-order valence-electron chi connectivity index (χ0n) is 18.9. The van der Waals surface area contributed by atoms with Crippen molar-refractivity contribution in [1.82, 2.24) is 9.88 Å². The Morgan fingerprint density at radius 3 is 2.52 bits per heavy atom. The molecule has 33 heavy (non-hydrogen) atoms. The Labute approximate surface area is 198 Å². The van der Waals surface area contributed by atoms with E-state index in [0.717, 1.165) is 16.3 Å². The van der Waals surface area contributed by atoms with Gasteiger partial charge in [-0.2, -0.15) is 0 Å². The lowest BCUT2D eigenvalue weighted by atomic mass is 9.97. The molecule has 174 valence electrons. The topological polar surface area (TPSA) is 91.8 Å². The maximum Gasteiger partial charge on any atom is 0.412 e. The number of nitrogens with one attached hydrogen (secondary N) is 1. The van der Waals surface area contributed by atoms with Gasteiger partial charge in [-0.1, -0.05) is 54.1 Å². The molecule has 0 bridgehead atoms. The molecule has 0 unspecified atom stereocenters. The van der Waals surface area contributed by atoms with Crippen molar-refractivity contribution in [1.29, 1.82) is 0 Å². The van der Waals surface area contributed by atoms with Gasteiger partial charge in [-0.05, 0) is 43.4 Å². The fraction of sp³-hybridized carbons (Fsp3) is 0.320. The molecular formula is C25H28ClN3O4. The van der Waals surface area contributed by atoms with Crippen molar-refractivity contribution < 1.29 is 19.4 Å². The van der Waals surface area contributed by atoms with Crippen LogP contribution >= 0.6 is 11.6 Å². The number of pyridine rings is 1. The molecule has 2 aromatic carbocycles. The molecular weight excluding hydrogens is 442 g/mol. The first-order valence-corrected chi connectivity index (χ1v) is 11.0. The molecule has 2 amide bonds. The third-order valence-electron chi connectivity index (χ3n) is 5.48. The number of aromatic nitrogens is 1. The number of hydrogen-bond acceptors (Lipinski definition) is 5. The Balaban J connectivity index is 1.59. The average molecular weight is 470 g/mol. The van der Waals surface area contributed by atoms with E-state index in [1.54, 1.807) is 39.2 Å². The van der Waals surface area contributed by atoms with Crippen LogP contribution < -0.4 is 5.32 Å². The number of ether oxygens (including phenoxy) is 1. The number of amides is 2. The lowest BCUT2D eigenvalue weighted by molar-refractivity contribution is -0.139. The van der Waals surface area contributed by atoms with Gasteiger partial charge in [-0.25, -0.2) is 9.78 Å². The summed E-state index contributed by atoms with van der Waals surface area (Å²) >= 11 is 6.17. The van der Waals surface area contributed by atoms with E-state index in [9.17, 15) is 14.7 Å². The van der Waals surface area contributed by atoms with E-state index in [4.69, 9.17) is 16.3 Å². The van der Waals surface area contributed by atoms with Gasteiger partial charge in [0.15, 0.2) is 0 Å². The molecule has 7 nitrogen and oxygen atoms in total. The molecule has 3 aromatic rings. The van der Waals surface area contributed by atoms with Crippen molar-refractivity contribution in [3.63, 3.8) is 0 Å². The van der Waals surface area contributed by atoms with Crippen molar-refractivity contribution >= 4 is 40.2 Å². The SMILES string of the molecule is CN(C(=O)CCc1ccccc1Cl)[C@H](COC(=O)Nc1cc2ccccc2cn1)C(C)(C)O. The van der Waals surface area contributed by atoms with Gasteiger partial charge in [0.2, 0.25) is 5.91 Å². The first-order valence-electron chi connectivity index (χ1n) is 10.6. The highest BCUT2D eigenvalue weighted by Gasteiger charge is 2.34. The second-order valence-corrected chi connectivity index (χ2v) is 8.81. The van der Waals surface area contributed by atoms with E-state index in [1.165, 1.54) is 4.90 Å². The van der Waals surface area contributed by atoms with Crippen LogP contribution in [0.25, 0.3) is 10.8 Å². The van der Waals surface area contributed by atoms with Crippen LogP contribution in [0.4, 0.5) is 10.6 Å². The molecule has 0 spiro atoms. The van der Waals surface area contributed by atoms with E-state index in [0.29, 0.717) is 17.3 Å². The summed E-state index contributed by atoms with van der Waals surface area (Å²) in [4.78, 5) is 30.8. The quantitative estimate of drug-likeness (QED) is 0.500. The standard InChI is InChI=1S/C25H28ClN3O4/c1-25(2,32)21(29(3)23(30)13-12-17-8-6-7-11-20(17)26)16-33-24(31)28-22-14-18-9-4-5-10-19(18)15-27-22/h4-11,14-15,21,32H,12-13,16H2,1-3H3,(H,27,28,31)/t21-/m1/s1. The average Bonchev–Trinajstić information content (AvgIpc) is 2.77. The smallest absolute Gasteiger partial charge is 0.412 e. The van der Waals surface area contributed by atoms with Gasteiger partial charge in [-0.3, -0.25) is 10.1 Å². The number of anilines is 1. The van der Waals surface area contributed by atoms with E-state index < -0.39 is 17.7 Å². The maximum absolute atomic E-state index is 12.8. The lowest BCUT2D eigenvalue weighted by Crippen LogP contribution is -2.53. The van der Waals surface area contributed by atoms with Crippen LogP contribution in [0.1, 0.15) is 25.8 Å². The molecule has 0 saturated heterocycles. The number of fused-ring (bicyclic) bond motifs is 1. The summed E-state index contributed by atoms with van der Waals surface area (Å²) in [6, 6.07) is 16.0. The highest BCUT2D eigenvalue weighted by molar-refractivity contribution is 6.31. The van der Waals surface area contributed by atoms with Crippen LogP contribution in [0.15, 0.2) is 60.8 Å². The molecule has 2 N–H and O–H groups in total. The monoisotopic (exact) mass is 469 g/mol. The van der Waals surface area contributed by atoms with Gasteiger partial charge in [-0.15, -0.1) is 0 Å². The van der Waals surface area contributed by atoms with E-state index >= 15 is 0 Å². The minimum atomic E-state index is -1.30. The highest BCUT2D eigenvalue weighted by atomic mass is 35.5. The van der Waals surface area contributed by atoms with Crippen molar-refractivity contribution in [2.24, 2.45) is 0 Å². The molecule has 1 atom stereocenters. The maximum atomic E-state index is 12.8. The predicted molar refractivity (Wildman–Crippen MR) is 129 cm³/mol. The van der Waals surface area contributed by atoms with Crippen molar-refractivity contribution in [3.8, 4) is 0 Å². The van der Waals surface area contributed by atoms with Gasteiger partial charge in [0.1, 0.15) is 12.4 Å². The zero-order chi connectivity index (χ0) is 24.0. The summed E-state index contributed by atoms with van der Waals surface area (Å²) in [6.07, 6.45) is 1.62. The minimum absolute atomic E-state index is 0.183. The van der Waals surface area contributed by atoms with Crippen molar-refractivity contribution in [3.05, 3.63) is 71.4 Å². The number of benzene rings is 2. The number of aryl methyl sites for hydroxylation is 1. The van der Waals surface area contributed by atoms with Gasteiger partial charge >= 0.3 is 6.09 Å². The predicted octanol–water partition coefficient (Wildman–Crippen LogP) is 4.67. The molecule has 0 aliphatic rings. The molecule has 0 saturated carbocycles. The summed E-state index contributed by atoms with van der Waals surface area (Å²) in [5.74, 6) is 0.157. The summed E-state index contributed by atoms with van der Waals surface area (Å²) in [5, 5.41) is 15.7. The Morgan fingerprint density at radius 2 is 1.82 bits per heavy atom. The fourth-order valence-corrected chi connectivity index (χ4v) is 3.76. The zero-order valence-corrected chi connectivity index (χ0v) is 19.7. The Bertz CT molecular complexity index is 1130. The second kappa shape index (κ2) is 10.6. The molecule has 3 rings (SSSR count). The largest absolute Gasteiger partial charge is 0.447 e. The normalized spacial score (nSPS) is 12.3. The lowest BCUT2D eigenvalue weighted by Gasteiger charge is -2.36. The summed E-state index contributed by atoms with van der Waals surface area (Å²) < 4.78 is 5.33. The summed E-state index contributed by atoms with van der Waals surface area (Å²) in [5.41, 5.74) is -0.421. The molecule has 0 fully saturated rings. The molecule has 0 radical (unpaired) electrons. The first kappa shape index (κ1) is 24.5.